The van der Waals surface area contributed by atoms with E-state index >= 15 is 0 Å². The molecule has 0 atom stereocenters. The van der Waals surface area contributed by atoms with Crippen molar-refractivity contribution in [2.45, 2.75) is 44.7 Å². The minimum atomic E-state index is -2.55. The summed E-state index contributed by atoms with van der Waals surface area (Å²) >= 11 is 0.313. The molecular formula is C11H19F2N5S. The van der Waals surface area contributed by atoms with Gasteiger partial charge in [-0.05, 0) is 31.5 Å². The Labute approximate surface area is 116 Å². The lowest BCUT2D eigenvalue weighted by Gasteiger charge is -2.12. The van der Waals surface area contributed by atoms with E-state index in [1.807, 2.05) is 27.7 Å². The van der Waals surface area contributed by atoms with Crippen LogP contribution in [0.3, 0.4) is 0 Å². The first-order valence-corrected chi connectivity index (χ1v) is 6.96. The van der Waals surface area contributed by atoms with Crippen LogP contribution in [0, 0.1) is 5.92 Å². The maximum atomic E-state index is 12.4. The fourth-order valence-corrected chi connectivity index (χ4v) is 1.62. The Morgan fingerprint density at radius 3 is 2.21 bits per heavy atom. The van der Waals surface area contributed by atoms with E-state index in [0.29, 0.717) is 36.1 Å². The number of rotatable bonds is 7. The Hall–Kier alpha value is -1.18. The van der Waals surface area contributed by atoms with Gasteiger partial charge in [0.25, 0.3) is 5.76 Å². The summed E-state index contributed by atoms with van der Waals surface area (Å²) in [5, 5.41) is 6.01. The molecule has 0 saturated heterocycles. The second kappa shape index (κ2) is 7.42. The van der Waals surface area contributed by atoms with Gasteiger partial charge in [-0.15, -0.1) is 0 Å². The van der Waals surface area contributed by atoms with E-state index in [2.05, 4.69) is 25.6 Å². The molecule has 1 rings (SSSR count). The zero-order valence-corrected chi connectivity index (χ0v) is 12.3. The number of aromatic nitrogens is 3. The van der Waals surface area contributed by atoms with Crippen LogP contribution in [0.5, 0.6) is 0 Å². The monoisotopic (exact) mass is 291 g/mol. The van der Waals surface area contributed by atoms with E-state index in [9.17, 15) is 8.78 Å². The van der Waals surface area contributed by atoms with Gasteiger partial charge in [-0.3, -0.25) is 0 Å². The molecule has 0 spiro atoms. The average Bonchev–Trinajstić information content (AvgIpc) is 2.24. The van der Waals surface area contributed by atoms with Crippen molar-refractivity contribution in [2.75, 3.05) is 17.2 Å². The van der Waals surface area contributed by atoms with Crippen molar-refractivity contribution in [3.8, 4) is 0 Å². The number of nitrogens with one attached hydrogen (secondary N) is 2. The van der Waals surface area contributed by atoms with Crippen LogP contribution in [0.1, 0.15) is 27.7 Å². The summed E-state index contributed by atoms with van der Waals surface area (Å²) in [6.45, 7) is 8.59. The topological polar surface area (TPSA) is 62.7 Å². The minimum Gasteiger partial charge on any atom is -0.354 e. The average molecular weight is 291 g/mol. The number of alkyl halides is 2. The van der Waals surface area contributed by atoms with E-state index in [1.165, 1.54) is 0 Å². The van der Waals surface area contributed by atoms with Crippen molar-refractivity contribution in [2.24, 2.45) is 5.92 Å². The summed E-state index contributed by atoms with van der Waals surface area (Å²) in [6, 6.07) is 0.116. The summed E-state index contributed by atoms with van der Waals surface area (Å²) < 4.78 is 24.8. The molecule has 2 N–H and O–H groups in total. The van der Waals surface area contributed by atoms with Crippen molar-refractivity contribution < 1.29 is 8.78 Å². The standard InChI is InChI=1S/C11H19F2N5S/c1-6(2)5-14-9-16-10(15-7(3)4)18-11(17-9)19-8(12)13/h6-8H,5H2,1-4H3,(H2,14,15,16,17,18). The molecular weight excluding hydrogens is 272 g/mol. The second-order valence-electron chi connectivity index (χ2n) is 4.72. The largest absolute Gasteiger partial charge is 0.354 e. The van der Waals surface area contributed by atoms with Gasteiger partial charge in [0.15, 0.2) is 5.16 Å². The number of hydrogen-bond acceptors (Lipinski definition) is 6. The van der Waals surface area contributed by atoms with Gasteiger partial charge in [0, 0.05) is 12.6 Å². The molecule has 1 heterocycles. The molecule has 5 nitrogen and oxygen atoms in total. The fraction of sp³-hybridized carbons (Fsp3) is 0.727. The Bertz CT molecular complexity index is 372. The quantitative estimate of drug-likeness (QED) is 0.753. The van der Waals surface area contributed by atoms with Crippen LogP contribution in [-0.2, 0) is 0 Å². The molecule has 1 aromatic rings. The SMILES string of the molecule is CC(C)CNc1nc(NC(C)C)nc(SC(F)F)n1. The van der Waals surface area contributed by atoms with E-state index in [4.69, 9.17) is 0 Å². The third-order valence-corrected chi connectivity index (χ3v) is 2.47. The van der Waals surface area contributed by atoms with Gasteiger partial charge in [0.2, 0.25) is 11.9 Å². The summed E-state index contributed by atoms with van der Waals surface area (Å²) in [5.74, 6) is -1.52. The molecule has 0 aliphatic heterocycles. The molecule has 19 heavy (non-hydrogen) atoms. The van der Waals surface area contributed by atoms with Crippen LogP contribution < -0.4 is 10.6 Å². The van der Waals surface area contributed by atoms with Crippen molar-refractivity contribution >= 4 is 23.7 Å². The molecule has 0 fully saturated rings. The normalized spacial score (nSPS) is 11.4. The molecule has 0 aliphatic carbocycles. The highest BCUT2D eigenvalue weighted by Crippen LogP contribution is 2.23. The van der Waals surface area contributed by atoms with Gasteiger partial charge in [-0.2, -0.15) is 23.7 Å². The van der Waals surface area contributed by atoms with E-state index in [1.54, 1.807) is 0 Å². The zero-order chi connectivity index (χ0) is 14.4. The molecule has 1 aromatic heterocycles. The van der Waals surface area contributed by atoms with Crippen molar-refractivity contribution in [1.82, 2.24) is 15.0 Å². The lowest BCUT2D eigenvalue weighted by molar-refractivity contribution is 0.251. The fourth-order valence-electron chi connectivity index (χ4n) is 1.19. The highest BCUT2D eigenvalue weighted by molar-refractivity contribution is 7.99. The molecule has 0 saturated carbocycles. The van der Waals surface area contributed by atoms with Crippen LogP contribution >= 0.6 is 11.8 Å². The minimum absolute atomic E-state index is 0.0133. The van der Waals surface area contributed by atoms with Crippen molar-refractivity contribution in [1.29, 1.82) is 0 Å². The summed E-state index contributed by atoms with van der Waals surface area (Å²) in [7, 11) is 0. The molecule has 8 heteroatoms. The molecule has 0 aromatic carbocycles. The first kappa shape index (κ1) is 15.9. The highest BCUT2D eigenvalue weighted by Gasteiger charge is 2.13. The lowest BCUT2D eigenvalue weighted by Crippen LogP contribution is -2.16. The molecule has 108 valence electrons. The second-order valence-corrected chi connectivity index (χ2v) is 5.67. The zero-order valence-electron chi connectivity index (χ0n) is 11.4. The van der Waals surface area contributed by atoms with Crippen molar-refractivity contribution in [3.05, 3.63) is 0 Å². The summed E-state index contributed by atoms with van der Waals surface area (Å²) in [5.41, 5.74) is 0. The molecule has 0 amide bonds. The maximum absolute atomic E-state index is 12.4. The van der Waals surface area contributed by atoms with E-state index in [-0.39, 0.29) is 11.2 Å². The number of anilines is 2. The Kier molecular flexibility index (Phi) is 6.20. The first-order chi connectivity index (χ1) is 8.86. The maximum Gasteiger partial charge on any atom is 0.291 e. The van der Waals surface area contributed by atoms with Gasteiger partial charge in [-0.25, -0.2) is 0 Å². The molecule has 0 aliphatic rings. The number of nitrogens with zero attached hydrogens (tertiary/aromatic N) is 3. The van der Waals surface area contributed by atoms with Crippen LogP contribution in [0.4, 0.5) is 20.7 Å². The summed E-state index contributed by atoms with van der Waals surface area (Å²) in [6.07, 6.45) is 0. The predicted molar refractivity (Wildman–Crippen MR) is 73.8 cm³/mol. The number of thioether (sulfide) groups is 1. The van der Waals surface area contributed by atoms with Crippen LogP contribution in [0.2, 0.25) is 0 Å². The highest BCUT2D eigenvalue weighted by atomic mass is 32.2. The van der Waals surface area contributed by atoms with Gasteiger partial charge in [0.05, 0.1) is 0 Å². The first-order valence-electron chi connectivity index (χ1n) is 6.08. The van der Waals surface area contributed by atoms with Gasteiger partial charge in [0.1, 0.15) is 0 Å². The van der Waals surface area contributed by atoms with Crippen LogP contribution in [0.15, 0.2) is 5.16 Å². The molecule has 0 unspecified atom stereocenters. The van der Waals surface area contributed by atoms with Crippen molar-refractivity contribution in [3.63, 3.8) is 0 Å². The van der Waals surface area contributed by atoms with E-state index < -0.39 is 5.76 Å². The number of hydrogen-bond donors (Lipinski definition) is 2. The number of halogens is 2. The molecule has 0 radical (unpaired) electrons. The van der Waals surface area contributed by atoms with Gasteiger partial charge < -0.3 is 10.6 Å². The Morgan fingerprint density at radius 1 is 1.05 bits per heavy atom. The predicted octanol–water partition coefficient (Wildman–Crippen LogP) is 3.07. The van der Waals surface area contributed by atoms with Crippen LogP contribution in [-0.4, -0.2) is 33.3 Å². The van der Waals surface area contributed by atoms with E-state index in [0.717, 1.165) is 0 Å². The van der Waals surface area contributed by atoms with Gasteiger partial charge >= 0.3 is 0 Å². The smallest absolute Gasteiger partial charge is 0.291 e. The third-order valence-electron chi connectivity index (χ3n) is 1.90. The molecule has 0 bridgehead atoms. The Balaban J connectivity index is 2.88. The third kappa shape index (κ3) is 6.51. The lowest BCUT2D eigenvalue weighted by atomic mass is 10.2. The Morgan fingerprint density at radius 2 is 1.68 bits per heavy atom. The van der Waals surface area contributed by atoms with Crippen LogP contribution in [0.25, 0.3) is 0 Å². The summed E-state index contributed by atoms with van der Waals surface area (Å²) in [4.78, 5) is 12.1. The van der Waals surface area contributed by atoms with Gasteiger partial charge in [-0.1, -0.05) is 13.8 Å².